The van der Waals surface area contributed by atoms with Crippen LogP contribution in [0.1, 0.15) is 29.6 Å². The van der Waals surface area contributed by atoms with Crippen LogP contribution >= 0.6 is 31.8 Å². The van der Waals surface area contributed by atoms with E-state index in [1.54, 1.807) is 0 Å². The maximum absolute atomic E-state index is 11.5. The van der Waals surface area contributed by atoms with E-state index in [2.05, 4.69) is 9.85 Å². The van der Waals surface area contributed by atoms with E-state index in [-0.39, 0.29) is 5.97 Å². The molecule has 1 aromatic carbocycles. The Morgan fingerprint density at radius 2 is 2.12 bits per heavy atom. The van der Waals surface area contributed by atoms with Crippen molar-refractivity contribution in [3.63, 3.8) is 0 Å². The van der Waals surface area contributed by atoms with Gasteiger partial charge in [-0.3, -0.25) is 0 Å². The number of alkyl halides is 1. The zero-order valence-corrected chi connectivity index (χ0v) is 12.1. The molecular weight excluding hydrogens is 350 g/mol. The van der Waals surface area contributed by atoms with Crippen LogP contribution in [-0.4, -0.2) is 11.8 Å². The second-order valence-electron chi connectivity index (χ2n) is 3.51. The molecule has 0 aromatic heterocycles. The molecule has 2 rings (SSSR count). The molecule has 0 bridgehead atoms. The molecule has 0 saturated heterocycles. The van der Waals surface area contributed by atoms with Crippen molar-refractivity contribution >= 4 is 37.8 Å². The minimum atomic E-state index is -2.02. The Balaban J connectivity index is 2.02. The monoisotopic (exact) mass is 362 g/mol. The van der Waals surface area contributed by atoms with Crippen molar-refractivity contribution < 1.29 is 7.86 Å². The van der Waals surface area contributed by atoms with Crippen molar-refractivity contribution in [2.45, 2.75) is 19.3 Å². The number of carbonyl (C=O) groups excluding carboxylic acids is 1. The van der Waals surface area contributed by atoms with Crippen molar-refractivity contribution in [1.29, 1.82) is 0 Å². The zero-order valence-electron chi connectivity index (χ0n) is 9.21. The van der Waals surface area contributed by atoms with E-state index in [0.717, 1.165) is 22.8 Å². The number of halogens is 2. The molecule has 0 fully saturated rings. The van der Waals surface area contributed by atoms with E-state index in [1.807, 2.05) is 24.3 Å². The van der Waals surface area contributed by atoms with Gasteiger partial charge in [0.15, 0.2) is 0 Å². The summed E-state index contributed by atoms with van der Waals surface area (Å²) in [5.74, 6) is 3.58. The fourth-order valence-corrected chi connectivity index (χ4v) is 4.96. The van der Waals surface area contributed by atoms with Gasteiger partial charge in [0.2, 0.25) is 0 Å². The van der Waals surface area contributed by atoms with Crippen LogP contribution in [0.25, 0.3) is 0 Å². The minimum absolute atomic E-state index is 0.208. The van der Waals surface area contributed by atoms with Gasteiger partial charge in [-0.25, -0.2) is 0 Å². The zero-order chi connectivity index (χ0) is 12.1. The van der Waals surface area contributed by atoms with Crippen LogP contribution in [0, 0.1) is 13.4 Å². The summed E-state index contributed by atoms with van der Waals surface area (Å²) < 4.78 is 9.54. The van der Waals surface area contributed by atoms with Crippen LogP contribution in [0.5, 0.6) is 0 Å². The molecular formula is C13H12ClIO2. The summed E-state index contributed by atoms with van der Waals surface area (Å²) in [6.07, 6.45) is 2.83. The molecule has 1 aromatic rings. The average molecular weight is 363 g/mol. The van der Waals surface area contributed by atoms with Gasteiger partial charge >= 0.3 is 114 Å². The van der Waals surface area contributed by atoms with Crippen molar-refractivity contribution in [1.82, 2.24) is 0 Å². The van der Waals surface area contributed by atoms with Gasteiger partial charge < -0.3 is 0 Å². The third-order valence-corrected chi connectivity index (χ3v) is 6.24. The number of fused-ring (bicyclic) bond motifs is 1. The molecule has 4 heteroatoms. The Labute approximate surface area is 114 Å². The Morgan fingerprint density at radius 3 is 2.94 bits per heavy atom. The van der Waals surface area contributed by atoms with Gasteiger partial charge in [-0.15, -0.1) is 0 Å². The molecule has 0 aliphatic carbocycles. The molecule has 0 unspecified atom stereocenters. The van der Waals surface area contributed by atoms with Crippen LogP contribution in [-0.2, 0) is 3.07 Å². The summed E-state index contributed by atoms with van der Waals surface area (Å²) >= 11 is 3.57. The van der Waals surface area contributed by atoms with Crippen LogP contribution in [0.3, 0.4) is 0 Å². The topological polar surface area (TPSA) is 26.3 Å². The average Bonchev–Trinajstić information content (AvgIpc) is 2.67. The summed E-state index contributed by atoms with van der Waals surface area (Å²) in [5, 5.41) is 0. The molecule has 0 amide bonds. The summed E-state index contributed by atoms with van der Waals surface area (Å²) in [7, 11) is 0. The Bertz CT molecular complexity index is 476. The fraction of sp³-hybridized carbons (Fsp3) is 0.308. The van der Waals surface area contributed by atoms with Crippen LogP contribution in [0.2, 0.25) is 0 Å². The summed E-state index contributed by atoms with van der Waals surface area (Å²) in [6, 6.07) is 7.55. The van der Waals surface area contributed by atoms with Crippen molar-refractivity contribution in [2.75, 3.05) is 5.88 Å². The van der Waals surface area contributed by atoms with Crippen LogP contribution < -0.4 is 0 Å². The number of hydrogen-bond donors (Lipinski definition) is 0. The molecule has 1 aliphatic rings. The quantitative estimate of drug-likeness (QED) is 0.354. The second-order valence-corrected chi connectivity index (χ2v) is 7.45. The predicted molar refractivity (Wildman–Crippen MR) is 76.9 cm³/mol. The van der Waals surface area contributed by atoms with Gasteiger partial charge in [-0.2, -0.15) is 0 Å². The molecule has 1 aliphatic heterocycles. The van der Waals surface area contributed by atoms with E-state index in [9.17, 15) is 4.79 Å². The number of rotatable bonds is 3. The van der Waals surface area contributed by atoms with E-state index in [0.29, 0.717) is 11.4 Å². The third kappa shape index (κ3) is 3.14. The molecule has 0 atom stereocenters. The second kappa shape index (κ2) is 6.27. The van der Waals surface area contributed by atoms with Crippen molar-refractivity contribution in [2.24, 2.45) is 0 Å². The first-order chi connectivity index (χ1) is 8.33. The molecule has 0 saturated carbocycles. The van der Waals surface area contributed by atoms with E-state index < -0.39 is 20.2 Å². The van der Waals surface area contributed by atoms with Gasteiger partial charge in [-0.1, -0.05) is 0 Å². The summed E-state index contributed by atoms with van der Waals surface area (Å²) in [6.45, 7) is 0. The summed E-state index contributed by atoms with van der Waals surface area (Å²) in [4.78, 5) is 11.5. The van der Waals surface area contributed by atoms with Crippen LogP contribution in [0.15, 0.2) is 24.3 Å². The first-order valence-corrected chi connectivity index (χ1v) is 8.96. The fourth-order valence-electron chi connectivity index (χ4n) is 1.42. The molecule has 0 radical (unpaired) electrons. The van der Waals surface area contributed by atoms with Gasteiger partial charge in [0.25, 0.3) is 0 Å². The predicted octanol–water partition coefficient (Wildman–Crippen LogP) is 3.82. The van der Waals surface area contributed by atoms with E-state index in [1.165, 1.54) is 0 Å². The molecule has 0 N–H and O–H groups in total. The number of hydrogen-bond acceptors (Lipinski definition) is 2. The number of unbranched alkanes of at least 4 members (excludes halogenated alkanes) is 2. The standard InChI is InChI=1S/C13H12ClIO2/c14-9-5-1-2-6-10-15-12-8-4-3-7-11(12)13(16)17-15/h3-4,7-8H,1-2,5,9H2. The maximum atomic E-state index is 11.5. The van der Waals surface area contributed by atoms with Crippen molar-refractivity contribution in [3.05, 3.63) is 33.4 Å². The van der Waals surface area contributed by atoms with E-state index in [4.69, 9.17) is 14.7 Å². The Morgan fingerprint density at radius 1 is 1.29 bits per heavy atom. The normalized spacial score (nSPS) is 14.9. The molecule has 1 heterocycles. The molecule has 2 nitrogen and oxygen atoms in total. The third-order valence-electron chi connectivity index (χ3n) is 2.26. The van der Waals surface area contributed by atoms with Gasteiger partial charge in [0.05, 0.1) is 0 Å². The van der Waals surface area contributed by atoms with Gasteiger partial charge in [-0.05, 0) is 0 Å². The Hall–Kier alpha value is -0.730. The van der Waals surface area contributed by atoms with Gasteiger partial charge in [0.1, 0.15) is 0 Å². The molecule has 17 heavy (non-hydrogen) atoms. The molecule has 90 valence electrons. The van der Waals surface area contributed by atoms with Crippen molar-refractivity contribution in [3.8, 4) is 9.85 Å². The van der Waals surface area contributed by atoms with Crippen LogP contribution in [0.4, 0.5) is 0 Å². The Kier molecular flexibility index (Phi) is 4.69. The van der Waals surface area contributed by atoms with E-state index >= 15 is 0 Å². The molecule has 0 spiro atoms. The SMILES string of the molecule is O=C1OI(C#CCCCCCl)c2ccccc21. The first kappa shape index (κ1) is 12.7. The number of benzene rings is 1. The first-order valence-electron chi connectivity index (χ1n) is 5.39. The number of carbonyl (C=O) groups is 1. The van der Waals surface area contributed by atoms with Gasteiger partial charge in [0, 0.05) is 0 Å². The summed E-state index contributed by atoms with van der Waals surface area (Å²) in [5.41, 5.74) is 0.702.